The Balaban J connectivity index is 1.70. The normalized spacial score (nSPS) is 20.1. The second-order valence-electron chi connectivity index (χ2n) is 8.03. The molecule has 0 spiro atoms. The van der Waals surface area contributed by atoms with Crippen LogP contribution in [0.2, 0.25) is 0 Å². The molecular formula is C24H24N2O7. The van der Waals surface area contributed by atoms with Gasteiger partial charge in [-0.05, 0) is 35.6 Å². The molecule has 1 N–H and O–H groups in total. The van der Waals surface area contributed by atoms with Crippen molar-refractivity contribution in [3.8, 4) is 17.2 Å². The van der Waals surface area contributed by atoms with Crippen molar-refractivity contribution in [2.75, 3.05) is 21.3 Å². The van der Waals surface area contributed by atoms with E-state index >= 15 is 0 Å². The van der Waals surface area contributed by atoms with Gasteiger partial charge in [0.1, 0.15) is 0 Å². The van der Waals surface area contributed by atoms with Gasteiger partial charge in [-0.25, -0.2) is 0 Å². The van der Waals surface area contributed by atoms with Crippen molar-refractivity contribution in [2.45, 2.75) is 31.1 Å². The largest absolute Gasteiger partial charge is 0.493 e. The van der Waals surface area contributed by atoms with Crippen LogP contribution in [0.15, 0.2) is 47.7 Å². The summed E-state index contributed by atoms with van der Waals surface area (Å²) < 4.78 is 16.3. The number of nitrogens with zero attached hydrogens (tertiary/aromatic N) is 1. The lowest BCUT2D eigenvalue weighted by Crippen LogP contribution is -2.38. The van der Waals surface area contributed by atoms with E-state index in [9.17, 15) is 19.7 Å². The van der Waals surface area contributed by atoms with Gasteiger partial charge in [-0.1, -0.05) is 12.1 Å². The molecule has 2 atom stereocenters. The van der Waals surface area contributed by atoms with E-state index in [4.69, 9.17) is 14.2 Å². The Morgan fingerprint density at radius 2 is 1.55 bits per heavy atom. The zero-order valence-electron chi connectivity index (χ0n) is 18.5. The number of non-ortho nitro benzene ring substituents is 1. The fraction of sp³-hybridized carbons (Fsp3) is 0.333. The number of amides is 1. The Morgan fingerprint density at radius 3 is 2.09 bits per heavy atom. The van der Waals surface area contributed by atoms with Crippen LogP contribution >= 0.6 is 0 Å². The number of hydrogen-bond donors (Lipinski definition) is 1. The van der Waals surface area contributed by atoms with Crippen LogP contribution in [-0.2, 0) is 9.59 Å². The molecule has 0 bridgehead atoms. The summed E-state index contributed by atoms with van der Waals surface area (Å²) in [6, 6.07) is 9.67. The van der Waals surface area contributed by atoms with Gasteiger partial charge in [-0.15, -0.1) is 0 Å². The zero-order valence-corrected chi connectivity index (χ0v) is 18.5. The van der Waals surface area contributed by atoms with Gasteiger partial charge in [0.25, 0.3) is 5.69 Å². The summed E-state index contributed by atoms with van der Waals surface area (Å²) in [6.07, 6.45) is 0.850. The van der Waals surface area contributed by atoms with E-state index in [2.05, 4.69) is 5.32 Å². The van der Waals surface area contributed by atoms with Crippen molar-refractivity contribution < 1.29 is 28.7 Å². The summed E-state index contributed by atoms with van der Waals surface area (Å²) in [6.45, 7) is 0. The maximum absolute atomic E-state index is 13.3. The first-order chi connectivity index (χ1) is 15.9. The molecule has 2 aromatic rings. The molecule has 0 saturated carbocycles. The molecule has 4 rings (SSSR count). The molecule has 1 aliphatic heterocycles. The van der Waals surface area contributed by atoms with Crippen LogP contribution in [0.5, 0.6) is 17.2 Å². The maximum Gasteiger partial charge on any atom is 0.269 e. The Labute approximate surface area is 190 Å². The molecule has 1 heterocycles. The molecule has 2 aromatic carbocycles. The first-order valence-electron chi connectivity index (χ1n) is 10.5. The van der Waals surface area contributed by atoms with Gasteiger partial charge in [-0.3, -0.25) is 19.7 Å². The summed E-state index contributed by atoms with van der Waals surface area (Å²) in [4.78, 5) is 36.3. The molecule has 1 aliphatic carbocycles. The molecule has 0 fully saturated rings. The number of ketones is 1. The Bertz CT molecular complexity index is 1130. The SMILES string of the molecule is COc1cc([C@@H]2CC(=O)C3=C(C2)NC(=O)C[C@@H]3c2ccc([N+](=O)[O-])cc2)cc(OC)c1OC. The quantitative estimate of drug-likeness (QED) is 0.525. The van der Waals surface area contributed by atoms with Crippen LogP contribution in [0.3, 0.4) is 0 Å². The number of benzene rings is 2. The molecule has 0 aromatic heterocycles. The second-order valence-corrected chi connectivity index (χ2v) is 8.03. The maximum atomic E-state index is 13.3. The second kappa shape index (κ2) is 8.93. The Kier molecular flexibility index (Phi) is 6.04. The highest BCUT2D eigenvalue weighted by Crippen LogP contribution is 2.46. The number of Topliss-reactive ketones (excluding diaryl/α,β-unsaturated/α-hetero) is 1. The highest BCUT2D eigenvalue weighted by molar-refractivity contribution is 6.02. The Hall–Kier alpha value is -3.88. The van der Waals surface area contributed by atoms with Crippen LogP contribution in [0.4, 0.5) is 5.69 Å². The van der Waals surface area contributed by atoms with Gasteiger partial charge in [0.05, 0.1) is 26.3 Å². The topological polar surface area (TPSA) is 117 Å². The number of carbonyl (C=O) groups excluding carboxylic acids is 2. The summed E-state index contributed by atoms with van der Waals surface area (Å²) >= 11 is 0. The molecule has 0 saturated heterocycles. The fourth-order valence-corrected chi connectivity index (χ4v) is 4.65. The highest BCUT2D eigenvalue weighted by atomic mass is 16.6. The molecule has 33 heavy (non-hydrogen) atoms. The number of nitro groups is 1. The van der Waals surface area contributed by atoms with E-state index in [-0.39, 0.29) is 36.1 Å². The van der Waals surface area contributed by atoms with Crippen molar-refractivity contribution in [3.05, 3.63) is 68.9 Å². The summed E-state index contributed by atoms with van der Waals surface area (Å²) in [5.74, 6) is 0.610. The van der Waals surface area contributed by atoms with Gasteiger partial charge in [0, 0.05) is 42.2 Å². The van der Waals surface area contributed by atoms with Crippen LogP contribution in [0, 0.1) is 10.1 Å². The average molecular weight is 452 g/mol. The van der Waals surface area contributed by atoms with Crippen molar-refractivity contribution >= 4 is 17.4 Å². The summed E-state index contributed by atoms with van der Waals surface area (Å²) in [5.41, 5.74) is 2.70. The van der Waals surface area contributed by atoms with Gasteiger partial charge in [0.2, 0.25) is 11.7 Å². The predicted molar refractivity (Wildman–Crippen MR) is 119 cm³/mol. The van der Waals surface area contributed by atoms with Gasteiger partial charge in [-0.2, -0.15) is 0 Å². The van der Waals surface area contributed by atoms with Crippen LogP contribution in [0.25, 0.3) is 0 Å². The van der Waals surface area contributed by atoms with Crippen molar-refractivity contribution in [1.82, 2.24) is 5.32 Å². The van der Waals surface area contributed by atoms with Crippen molar-refractivity contribution in [3.63, 3.8) is 0 Å². The summed E-state index contributed by atoms with van der Waals surface area (Å²) in [5, 5.41) is 13.9. The van der Waals surface area contributed by atoms with Gasteiger partial charge < -0.3 is 19.5 Å². The van der Waals surface area contributed by atoms with E-state index in [0.29, 0.717) is 40.5 Å². The predicted octanol–water partition coefficient (Wildman–Crippen LogP) is 3.62. The monoisotopic (exact) mass is 452 g/mol. The minimum Gasteiger partial charge on any atom is -0.493 e. The van der Waals surface area contributed by atoms with Crippen LogP contribution in [-0.4, -0.2) is 37.9 Å². The third-order valence-corrected chi connectivity index (χ3v) is 6.20. The number of methoxy groups -OCH3 is 3. The minimum absolute atomic E-state index is 0.0364. The number of nitro benzene ring substituents is 1. The van der Waals surface area contributed by atoms with Crippen molar-refractivity contribution in [1.29, 1.82) is 0 Å². The lowest BCUT2D eigenvalue weighted by molar-refractivity contribution is -0.384. The minimum atomic E-state index is -0.476. The fourth-order valence-electron chi connectivity index (χ4n) is 4.65. The van der Waals surface area contributed by atoms with Crippen molar-refractivity contribution in [2.24, 2.45) is 0 Å². The number of hydrogen-bond acceptors (Lipinski definition) is 7. The standard InChI is InChI=1S/C24H24N2O7/c1-31-20-10-15(11-21(32-2)24(20)33-3)14-8-18-23(19(27)9-14)17(12-22(28)25-18)13-4-6-16(7-5-13)26(29)30/h4-7,10-11,14,17H,8-9,12H2,1-3H3,(H,25,28)/t14-,17+/m0/s1. The third kappa shape index (κ3) is 4.13. The number of rotatable bonds is 6. The number of allylic oxidation sites excluding steroid dienone is 2. The van der Waals surface area contributed by atoms with Gasteiger partial charge in [0.15, 0.2) is 17.3 Å². The Morgan fingerprint density at radius 1 is 0.909 bits per heavy atom. The van der Waals surface area contributed by atoms with E-state index < -0.39 is 10.8 Å². The molecule has 9 heteroatoms. The number of nitrogens with one attached hydrogen (secondary N) is 1. The molecule has 172 valence electrons. The molecule has 2 aliphatic rings. The molecule has 9 nitrogen and oxygen atoms in total. The molecule has 0 unspecified atom stereocenters. The highest BCUT2D eigenvalue weighted by Gasteiger charge is 2.38. The average Bonchev–Trinajstić information content (AvgIpc) is 2.82. The van der Waals surface area contributed by atoms with E-state index in [1.54, 1.807) is 12.1 Å². The first kappa shape index (κ1) is 22.3. The molecule has 1 amide bonds. The third-order valence-electron chi connectivity index (χ3n) is 6.20. The zero-order chi connectivity index (χ0) is 23.7. The van der Waals surface area contributed by atoms with E-state index in [1.807, 2.05) is 12.1 Å². The number of carbonyl (C=O) groups is 2. The number of ether oxygens (including phenoxy) is 3. The lowest BCUT2D eigenvalue weighted by Gasteiger charge is -2.34. The summed E-state index contributed by atoms with van der Waals surface area (Å²) in [7, 11) is 4.59. The van der Waals surface area contributed by atoms with E-state index in [1.165, 1.54) is 33.5 Å². The lowest BCUT2D eigenvalue weighted by atomic mass is 9.73. The smallest absolute Gasteiger partial charge is 0.269 e. The first-order valence-corrected chi connectivity index (χ1v) is 10.5. The molecular weight excluding hydrogens is 428 g/mol. The molecule has 0 radical (unpaired) electrons. The van der Waals surface area contributed by atoms with E-state index in [0.717, 1.165) is 5.56 Å². The van der Waals surface area contributed by atoms with Crippen LogP contribution < -0.4 is 19.5 Å². The van der Waals surface area contributed by atoms with Gasteiger partial charge >= 0.3 is 0 Å². The van der Waals surface area contributed by atoms with Crippen LogP contribution in [0.1, 0.15) is 42.2 Å².